The van der Waals surface area contributed by atoms with Crippen LogP contribution in [0.4, 0.5) is 0 Å². The molecule has 5 heteroatoms. The maximum absolute atomic E-state index is 11.1. The van der Waals surface area contributed by atoms with Crippen LogP contribution in [0.5, 0.6) is 0 Å². The first-order valence-electron chi connectivity index (χ1n) is 4.33. The third kappa shape index (κ3) is 3.27. The third-order valence-corrected chi connectivity index (χ3v) is 3.10. The molecule has 1 rings (SSSR count). The highest BCUT2D eigenvalue weighted by molar-refractivity contribution is 8.14. The highest BCUT2D eigenvalue weighted by Crippen LogP contribution is 2.15. The first-order chi connectivity index (χ1) is 6.39. The molecule has 0 radical (unpaired) electrons. The van der Waals surface area contributed by atoms with Gasteiger partial charge in [-0.2, -0.15) is 0 Å². The zero-order valence-electron chi connectivity index (χ0n) is 8.16. The molecular weight excluding hydrogens is 220 g/mol. The molecule has 78 valence electrons. The molecule has 3 nitrogen and oxygen atoms in total. The van der Waals surface area contributed by atoms with E-state index >= 15 is 0 Å². The molecule has 1 aromatic rings. The first-order valence-corrected chi connectivity index (χ1v) is 6.71. The first kappa shape index (κ1) is 11.5. The molecule has 0 fully saturated rings. The van der Waals surface area contributed by atoms with Crippen LogP contribution in [0.3, 0.4) is 0 Å². The second-order valence-corrected chi connectivity index (χ2v) is 6.32. The van der Waals surface area contributed by atoms with Gasteiger partial charge in [0.05, 0.1) is 4.90 Å². The molecule has 0 spiro atoms. The minimum Gasteiger partial charge on any atom is -0.260 e. The van der Waals surface area contributed by atoms with Gasteiger partial charge in [0.1, 0.15) is 0 Å². The van der Waals surface area contributed by atoms with Crippen LogP contribution in [0, 0.1) is 10.7 Å². The Morgan fingerprint density at radius 1 is 1.57 bits per heavy atom. The van der Waals surface area contributed by atoms with Crippen molar-refractivity contribution in [3.63, 3.8) is 0 Å². The molecule has 1 heterocycles. The van der Waals surface area contributed by atoms with Crippen molar-refractivity contribution in [3.8, 4) is 0 Å². The molecule has 1 aromatic heterocycles. The number of hydrogen-bond donors (Lipinski definition) is 1. The zero-order chi connectivity index (χ0) is 10.8. The number of nitrogens with one attached hydrogen (secondary N) is 1. The van der Waals surface area contributed by atoms with E-state index in [0.717, 1.165) is 12.1 Å². The largest absolute Gasteiger partial charge is 0.260 e. The van der Waals surface area contributed by atoms with E-state index < -0.39 is 8.94 Å². The molecule has 1 atom stereocenters. The summed E-state index contributed by atoms with van der Waals surface area (Å²) in [5.41, 5.74) is 0.934. The summed E-state index contributed by atoms with van der Waals surface area (Å²) in [7, 11) is 2.23. The summed E-state index contributed by atoms with van der Waals surface area (Å²) in [4.78, 5) is 4.37. The van der Waals surface area contributed by atoms with E-state index in [1.807, 2.05) is 0 Å². The van der Waals surface area contributed by atoms with Crippen molar-refractivity contribution in [2.45, 2.75) is 25.2 Å². The summed E-state index contributed by atoms with van der Waals surface area (Å²) >= 11 is 0. The fourth-order valence-electron chi connectivity index (χ4n) is 1.11. The highest BCUT2D eigenvalue weighted by Gasteiger charge is 2.06. The van der Waals surface area contributed by atoms with E-state index in [1.54, 1.807) is 12.1 Å². The van der Waals surface area contributed by atoms with Gasteiger partial charge in [-0.1, -0.05) is 13.8 Å². The Hall–Kier alpha value is -0.610. The summed E-state index contributed by atoms with van der Waals surface area (Å²) < 4.78 is 18.3. The molecule has 0 aliphatic heterocycles. The third-order valence-electron chi connectivity index (χ3n) is 1.72. The zero-order valence-corrected chi connectivity index (χ0v) is 9.73. The van der Waals surface area contributed by atoms with E-state index in [1.165, 1.54) is 6.20 Å². The average molecular weight is 233 g/mol. The lowest BCUT2D eigenvalue weighted by molar-refractivity contribution is 0.634. The minimum absolute atomic E-state index is 0.270. The van der Waals surface area contributed by atoms with E-state index in [4.69, 9.17) is 15.5 Å². The van der Waals surface area contributed by atoms with Crippen LogP contribution >= 0.6 is 10.7 Å². The number of halogens is 1. The normalized spacial score (nSPS) is 15.4. The molecule has 0 saturated heterocycles. The summed E-state index contributed by atoms with van der Waals surface area (Å²) in [6.45, 7) is 4.20. The number of pyridine rings is 1. The Labute approximate surface area is 89.0 Å². The second kappa shape index (κ2) is 4.28. The van der Waals surface area contributed by atoms with Crippen molar-refractivity contribution in [1.82, 2.24) is 4.98 Å². The monoisotopic (exact) mass is 232 g/mol. The summed E-state index contributed by atoms with van der Waals surface area (Å²) in [6, 6.07) is 3.37. The number of aromatic nitrogens is 1. The predicted molar refractivity (Wildman–Crippen MR) is 57.8 cm³/mol. The number of nitrogens with zero attached hydrogens (tertiary/aromatic N) is 1. The van der Waals surface area contributed by atoms with Gasteiger partial charge in [0.15, 0.2) is 8.94 Å². The average Bonchev–Trinajstić information content (AvgIpc) is 2.02. The Bertz CT molecular complexity index is 397. The van der Waals surface area contributed by atoms with Gasteiger partial charge in [-0.15, -0.1) is 0 Å². The quantitative estimate of drug-likeness (QED) is 0.815. The second-order valence-electron chi connectivity index (χ2n) is 3.57. The molecule has 0 amide bonds. The van der Waals surface area contributed by atoms with Gasteiger partial charge in [-0.05, 0) is 24.5 Å². The molecule has 0 saturated carbocycles. The summed E-state index contributed by atoms with van der Waals surface area (Å²) in [6.07, 6.45) is 2.29. The van der Waals surface area contributed by atoms with Crippen molar-refractivity contribution in [2.24, 2.45) is 5.92 Å². The van der Waals surface area contributed by atoms with Crippen molar-refractivity contribution < 1.29 is 4.21 Å². The lowest BCUT2D eigenvalue weighted by Gasteiger charge is -2.04. The van der Waals surface area contributed by atoms with Gasteiger partial charge < -0.3 is 0 Å². The topological polar surface area (TPSA) is 53.8 Å². The van der Waals surface area contributed by atoms with E-state index in [-0.39, 0.29) is 4.90 Å². The predicted octanol–water partition coefficient (Wildman–Crippen LogP) is 2.84. The van der Waals surface area contributed by atoms with Gasteiger partial charge >= 0.3 is 0 Å². The van der Waals surface area contributed by atoms with Gasteiger partial charge in [-0.3, -0.25) is 4.98 Å². The van der Waals surface area contributed by atoms with Crippen molar-refractivity contribution in [1.29, 1.82) is 4.78 Å². The Morgan fingerprint density at radius 2 is 2.21 bits per heavy atom. The molecule has 14 heavy (non-hydrogen) atoms. The van der Waals surface area contributed by atoms with Crippen LogP contribution in [0.1, 0.15) is 19.5 Å². The SMILES string of the molecule is CC(C)Cc1ccc(S(=N)(=O)Cl)cn1. The number of hydrogen-bond acceptors (Lipinski definition) is 3. The van der Waals surface area contributed by atoms with Gasteiger partial charge in [-0.25, -0.2) is 8.99 Å². The maximum Gasteiger partial charge on any atom is 0.158 e. The van der Waals surface area contributed by atoms with E-state index in [9.17, 15) is 4.21 Å². The summed E-state index contributed by atoms with van der Waals surface area (Å²) in [5.74, 6) is 0.532. The molecule has 0 aromatic carbocycles. The van der Waals surface area contributed by atoms with Crippen molar-refractivity contribution in [3.05, 3.63) is 24.0 Å². The van der Waals surface area contributed by atoms with Gasteiger partial charge in [0.2, 0.25) is 0 Å². The summed E-state index contributed by atoms with van der Waals surface area (Å²) in [5, 5.41) is 0. The van der Waals surface area contributed by atoms with E-state index in [2.05, 4.69) is 18.8 Å². The Morgan fingerprint density at radius 3 is 2.57 bits per heavy atom. The van der Waals surface area contributed by atoms with Crippen LogP contribution in [0.15, 0.2) is 23.2 Å². The Kier molecular flexibility index (Phi) is 3.50. The van der Waals surface area contributed by atoms with Gasteiger partial charge in [0, 0.05) is 22.6 Å². The lowest BCUT2D eigenvalue weighted by atomic mass is 10.1. The van der Waals surface area contributed by atoms with Gasteiger partial charge in [0.25, 0.3) is 0 Å². The van der Waals surface area contributed by atoms with Crippen molar-refractivity contribution in [2.75, 3.05) is 0 Å². The standard InChI is InChI=1S/C9H13ClN2OS/c1-7(2)5-8-3-4-9(6-12-8)14(10,11)13/h3-4,6-7,11H,5H2,1-2H3. The van der Waals surface area contributed by atoms with Crippen LogP contribution in [0.25, 0.3) is 0 Å². The maximum atomic E-state index is 11.1. The van der Waals surface area contributed by atoms with Crippen molar-refractivity contribution >= 4 is 19.6 Å². The number of rotatable bonds is 3. The fraction of sp³-hybridized carbons (Fsp3) is 0.444. The van der Waals surface area contributed by atoms with Crippen LogP contribution in [-0.2, 0) is 15.4 Å². The highest BCUT2D eigenvalue weighted by atomic mass is 35.7. The Balaban J connectivity index is 2.90. The van der Waals surface area contributed by atoms with Crippen LogP contribution in [-0.4, -0.2) is 9.19 Å². The molecule has 0 bridgehead atoms. The molecule has 1 N–H and O–H groups in total. The molecular formula is C9H13ClN2OS. The van der Waals surface area contributed by atoms with Crippen LogP contribution in [0.2, 0.25) is 0 Å². The van der Waals surface area contributed by atoms with Crippen LogP contribution < -0.4 is 0 Å². The molecule has 1 unspecified atom stereocenters. The molecule has 0 aliphatic rings. The fourth-order valence-corrected chi connectivity index (χ4v) is 1.81. The minimum atomic E-state index is -3.14. The lowest BCUT2D eigenvalue weighted by Crippen LogP contribution is -1.98. The van der Waals surface area contributed by atoms with E-state index in [0.29, 0.717) is 5.92 Å². The smallest absolute Gasteiger partial charge is 0.158 e. The molecule has 0 aliphatic carbocycles.